The summed E-state index contributed by atoms with van der Waals surface area (Å²) >= 11 is 1.20. The molecule has 7 nitrogen and oxygen atoms in total. The smallest absolute Gasteiger partial charge is 0.319 e. The Labute approximate surface area is 145 Å². The number of anilines is 1. The van der Waals surface area contributed by atoms with Crippen LogP contribution < -0.4 is 5.32 Å². The number of aryl methyl sites for hydroxylation is 2. The number of hydrogen-bond acceptors (Lipinski definition) is 6. The Balaban J connectivity index is 1.90. The van der Waals surface area contributed by atoms with Gasteiger partial charge < -0.3 is 5.11 Å². The van der Waals surface area contributed by atoms with Gasteiger partial charge in [-0.15, -0.1) is 10.2 Å². The molecule has 128 valence electrons. The average Bonchev–Trinajstić information content (AvgIpc) is 2.93. The fourth-order valence-corrected chi connectivity index (χ4v) is 3.79. The van der Waals surface area contributed by atoms with Crippen molar-refractivity contribution >= 4 is 39.1 Å². The van der Waals surface area contributed by atoms with Gasteiger partial charge in [0.1, 0.15) is 16.0 Å². The quantitative estimate of drug-likeness (QED) is 0.734. The number of nitrogens with zero attached hydrogens (tertiary/aromatic N) is 2. The molecule has 1 heterocycles. The van der Waals surface area contributed by atoms with Gasteiger partial charge in [0.2, 0.25) is 11.0 Å². The monoisotopic (exact) mass is 367 g/mol. The van der Waals surface area contributed by atoms with Gasteiger partial charge in [-0.25, -0.2) is 0 Å². The van der Waals surface area contributed by atoms with Crippen molar-refractivity contribution in [1.82, 2.24) is 10.2 Å². The number of rotatable bonds is 8. The Morgan fingerprint density at radius 2 is 2.00 bits per heavy atom. The minimum atomic E-state index is -1.81. The maximum atomic E-state index is 12.2. The van der Waals surface area contributed by atoms with Crippen LogP contribution in [-0.4, -0.2) is 42.4 Å². The fourth-order valence-electron chi connectivity index (χ4n) is 2.04. The Bertz CT molecular complexity index is 733. The van der Waals surface area contributed by atoms with Gasteiger partial charge in [0, 0.05) is 10.8 Å². The standard InChI is InChI=1S/C15H17N3O4S2/c1-10-17-18-15(23-10)16-13(19)9-24(22)12(14(20)21)8-7-11-5-3-2-4-6-11/h2-6,12H,7-9H2,1H3,(H,20,21)(H,16,18,19). The van der Waals surface area contributed by atoms with Crippen molar-refractivity contribution in [3.05, 3.63) is 40.9 Å². The fraction of sp³-hybridized carbons (Fsp3) is 0.333. The number of carbonyl (C=O) groups is 2. The van der Waals surface area contributed by atoms with E-state index in [0.717, 1.165) is 5.56 Å². The minimum Gasteiger partial charge on any atom is -0.480 e. The van der Waals surface area contributed by atoms with E-state index < -0.39 is 27.9 Å². The van der Waals surface area contributed by atoms with Crippen molar-refractivity contribution in [2.24, 2.45) is 0 Å². The van der Waals surface area contributed by atoms with Crippen LogP contribution >= 0.6 is 11.3 Å². The van der Waals surface area contributed by atoms with E-state index >= 15 is 0 Å². The second-order valence-corrected chi connectivity index (χ2v) is 7.85. The van der Waals surface area contributed by atoms with Crippen LogP contribution in [0.2, 0.25) is 0 Å². The van der Waals surface area contributed by atoms with E-state index in [1.807, 2.05) is 30.3 Å². The van der Waals surface area contributed by atoms with Crippen LogP contribution in [0.25, 0.3) is 0 Å². The Kier molecular flexibility index (Phi) is 6.56. The highest BCUT2D eigenvalue weighted by atomic mass is 32.2. The molecular formula is C15H17N3O4S2. The molecule has 2 atom stereocenters. The lowest BCUT2D eigenvalue weighted by Gasteiger charge is -2.12. The summed E-state index contributed by atoms with van der Waals surface area (Å²) in [5.74, 6) is -2.08. The van der Waals surface area contributed by atoms with E-state index in [1.54, 1.807) is 6.92 Å². The van der Waals surface area contributed by atoms with Crippen LogP contribution in [0.1, 0.15) is 17.0 Å². The van der Waals surface area contributed by atoms with Crippen molar-refractivity contribution in [3.63, 3.8) is 0 Å². The molecule has 0 radical (unpaired) electrons. The molecule has 0 fully saturated rings. The second kappa shape index (κ2) is 8.65. The van der Waals surface area contributed by atoms with Gasteiger partial charge in [0.05, 0.1) is 0 Å². The van der Waals surface area contributed by atoms with Gasteiger partial charge in [-0.2, -0.15) is 0 Å². The van der Waals surface area contributed by atoms with Crippen LogP contribution in [0.5, 0.6) is 0 Å². The van der Waals surface area contributed by atoms with E-state index in [2.05, 4.69) is 15.5 Å². The third-order valence-corrected chi connectivity index (χ3v) is 5.55. The maximum Gasteiger partial charge on any atom is 0.319 e. The highest BCUT2D eigenvalue weighted by molar-refractivity contribution is 7.87. The lowest BCUT2D eigenvalue weighted by molar-refractivity contribution is -0.136. The van der Waals surface area contributed by atoms with Crippen LogP contribution in [0.4, 0.5) is 5.13 Å². The molecule has 0 bridgehead atoms. The molecule has 1 aromatic carbocycles. The molecule has 1 aromatic heterocycles. The number of nitrogens with one attached hydrogen (secondary N) is 1. The molecular weight excluding hydrogens is 350 g/mol. The zero-order valence-corrected chi connectivity index (χ0v) is 14.6. The molecule has 9 heteroatoms. The predicted molar refractivity (Wildman–Crippen MR) is 92.5 cm³/mol. The Hall–Kier alpha value is -2.13. The number of amides is 1. The first-order valence-corrected chi connectivity index (χ1v) is 9.39. The van der Waals surface area contributed by atoms with Crippen molar-refractivity contribution in [1.29, 1.82) is 0 Å². The SMILES string of the molecule is Cc1nnc(NC(=O)CS(=O)C(CCc2ccccc2)C(=O)O)s1. The minimum absolute atomic E-state index is 0.206. The normalized spacial score (nSPS) is 13.2. The lowest BCUT2D eigenvalue weighted by Crippen LogP contribution is -2.32. The van der Waals surface area contributed by atoms with E-state index in [0.29, 0.717) is 16.6 Å². The molecule has 0 saturated carbocycles. The van der Waals surface area contributed by atoms with E-state index in [-0.39, 0.29) is 12.2 Å². The zero-order chi connectivity index (χ0) is 17.5. The second-order valence-electron chi connectivity index (χ2n) is 5.05. The molecule has 2 unspecified atom stereocenters. The summed E-state index contributed by atoms with van der Waals surface area (Å²) in [7, 11) is -1.81. The van der Waals surface area contributed by atoms with Gasteiger partial charge in [-0.3, -0.25) is 19.1 Å². The average molecular weight is 367 g/mol. The summed E-state index contributed by atoms with van der Waals surface area (Å²) in [5.41, 5.74) is 0.967. The number of hydrogen-bond donors (Lipinski definition) is 2. The summed E-state index contributed by atoms with van der Waals surface area (Å²) in [6.07, 6.45) is 0.692. The largest absolute Gasteiger partial charge is 0.480 e. The van der Waals surface area contributed by atoms with E-state index in [1.165, 1.54) is 11.3 Å². The molecule has 0 spiro atoms. The van der Waals surface area contributed by atoms with Gasteiger partial charge >= 0.3 is 5.97 Å². The van der Waals surface area contributed by atoms with Crippen molar-refractivity contribution in [2.45, 2.75) is 25.0 Å². The van der Waals surface area contributed by atoms with Gasteiger partial charge in [-0.1, -0.05) is 41.7 Å². The van der Waals surface area contributed by atoms with E-state index in [4.69, 9.17) is 0 Å². The van der Waals surface area contributed by atoms with E-state index in [9.17, 15) is 18.9 Å². The van der Waals surface area contributed by atoms with Gasteiger partial charge in [-0.05, 0) is 25.3 Å². The molecule has 0 aliphatic rings. The first-order chi connectivity index (χ1) is 11.5. The van der Waals surface area contributed by atoms with Crippen molar-refractivity contribution in [3.8, 4) is 0 Å². The van der Waals surface area contributed by atoms with Crippen molar-refractivity contribution < 1.29 is 18.9 Å². The molecule has 0 aliphatic heterocycles. The molecule has 2 rings (SSSR count). The molecule has 2 aromatic rings. The van der Waals surface area contributed by atoms with Gasteiger partial charge in [0.25, 0.3) is 0 Å². The first-order valence-electron chi connectivity index (χ1n) is 7.19. The first kappa shape index (κ1) is 18.2. The molecule has 2 N–H and O–H groups in total. The maximum absolute atomic E-state index is 12.2. The number of benzene rings is 1. The molecule has 0 saturated heterocycles. The number of carboxylic acids is 1. The predicted octanol–water partition coefficient (Wildman–Crippen LogP) is 1.62. The highest BCUT2D eigenvalue weighted by Crippen LogP contribution is 2.14. The Morgan fingerprint density at radius 3 is 2.58 bits per heavy atom. The summed E-state index contributed by atoms with van der Waals surface area (Å²) in [6, 6.07) is 9.35. The lowest BCUT2D eigenvalue weighted by atomic mass is 10.1. The number of aliphatic carboxylic acids is 1. The zero-order valence-electron chi connectivity index (χ0n) is 13.0. The third-order valence-electron chi connectivity index (χ3n) is 3.18. The van der Waals surface area contributed by atoms with Crippen LogP contribution in [-0.2, 0) is 26.8 Å². The van der Waals surface area contributed by atoms with Crippen molar-refractivity contribution in [2.75, 3.05) is 11.1 Å². The molecule has 0 aliphatic carbocycles. The topological polar surface area (TPSA) is 109 Å². The Morgan fingerprint density at radius 1 is 1.29 bits per heavy atom. The number of carboxylic acid groups (broad SMARTS) is 1. The number of carbonyl (C=O) groups excluding carboxylic acids is 1. The third kappa shape index (κ3) is 5.50. The summed E-state index contributed by atoms with van der Waals surface area (Å²) in [5, 5.41) is 19.2. The molecule has 1 amide bonds. The summed E-state index contributed by atoms with van der Waals surface area (Å²) < 4.78 is 12.2. The van der Waals surface area contributed by atoms with Gasteiger partial charge in [0.15, 0.2) is 0 Å². The van der Waals surface area contributed by atoms with Crippen LogP contribution in [0, 0.1) is 6.92 Å². The summed E-state index contributed by atoms with van der Waals surface area (Å²) in [4.78, 5) is 23.2. The highest BCUT2D eigenvalue weighted by Gasteiger charge is 2.26. The number of aromatic nitrogens is 2. The van der Waals surface area contributed by atoms with Crippen LogP contribution in [0.15, 0.2) is 30.3 Å². The van der Waals surface area contributed by atoms with Crippen LogP contribution in [0.3, 0.4) is 0 Å². The summed E-state index contributed by atoms with van der Waals surface area (Å²) in [6.45, 7) is 1.75. The molecule has 24 heavy (non-hydrogen) atoms.